The average Bonchev–Trinajstić information content (AvgIpc) is 2.47. The van der Waals surface area contributed by atoms with E-state index in [4.69, 9.17) is 9.47 Å². The minimum absolute atomic E-state index is 0.0641. The number of carbonyl (C=O) groups is 2. The Morgan fingerprint density at radius 2 is 2.14 bits per heavy atom. The average molecular weight is 292 g/mol. The lowest BCUT2D eigenvalue weighted by atomic mass is 10.1. The third kappa shape index (κ3) is 4.32. The minimum atomic E-state index is -0.489. The van der Waals surface area contributed by atoms with Gasteiger partial charge in [-0.25, -0.2) is 4.79 Å². The zero-order valence-corrected chi connectivity index (χ0v) is 12.5. The van der Waals surface area contributed by atoms with E-state index >= 15 is 0 Å². The van der Waals surface area contributed by atoms with Crippen LogP contribution in [0.25, 0.3) is 0 Å². The zero-order chi connectivity index (χ0) is 15.8. The smallest absolute Gasteiger partial charge is 0.340 e. The molecule has 0 saturated heterocycles. The molecule has 114 valence electrons. The summed E-state index contributed by atoms with van der Waals surface area (Å²) in [5.74, 6) is -0.746. The van der Waals surface area contributed by atoms with E-state index in [1.807, 2.05) is 0 Å². The van der Waals surface area contributed by atoms with Crippen molar-refractivity contribution in [2.75, 3.05) is 37.6 Å². The van der Waals surface area contributed by atoms with Crippen LogP contribution < -0.4 is 10.2 Å². The number of benzene rings is 1. The second kappa shape index (κ2) is 8.06. The zero-order valence-electron chi connectivity index (χ0n) is 12.5. The molecule has 0 bridgehead atoms. The number of esters is 1. The molecule has 1 amide bonds. The highest BCUT2D eigenvalue weighted by Crippen LogP contribution is 2.25. The molecule has 0 aliphatic heterocycles. The van der Waals surface area contributed by atoms with E-state index in [9.17, 15) is 9.59 Å². The van der Waals surface area contributed by atoms with Crippen molar-refractivity contribution in [2.45, 2.75) is 6.92 Å². The van der Waals surface area contributed by atoms with Gasteiger partial charge in [0.25, 0.3) is 5.91 Å². The summed E-state index contributed by atoms with van der Waals surface area (Å²) >= 11 is 0. The van der Waals surface area contributed by atoms with Crippen molar-refractivity contribution >= 4 is 23.3 Å². The highest BCUT2D eigenvalue weighted by molar-refractivity contribution is 6.03. The van der Waals surface area contributed by atoms with Gasteiger partial charge in [-0.05, 0) is 31.3 Å². The summed E-state index contributed by atoms with van der Waals surface area (Å²) in [5, 5.41) is 2.89. The number of amides is 1. The summed E-state index contributed by atoms with van der Waals surface area (Å²) in [7, 11) is 3.02. The molecule has 0 saturated carbocycles. The summed E-state index contributed by atoms with van der Waals surface area (Å²) in [6.07, 6.45) is 1.50. The van der Waals surface area contributed by atoms with Crippen molar-refractivity contribution in [1.29, 1.82) is 0 Å². The Labute approximate surface area is 124 Å². The van der Waals surface area contributed by atoms with E-state index in [0.717, 1.165) is 0 Å². The maximum atomic E-state index is 12.1. The molecule has 6 nitrogen and oxygen atoms in total. The van der Waals surface area contributed by atoms with Crippen LogP contribution in [-0.2, 0) is 14.3 Å². The lowest BCUT2D eigenvalue weighted by Gasteiger charge is -2.20. The quantitative estimate of drug-likeness (QED) is 0.779. The first-order valence-corrected chi connectivity index (χ1v) is 6.49. The number of ether oxygens (including phenoxy) is 2. The second-order valence-electron chi connectivity index (χ2n) is 4.19. The molecule has 0 unspecified atom stereocenters. The van der Waals surface area contributed by atoms with Gasteiger partial charge in [-0.3, -0.25) is 4.79 Å². The van der Waals surface area contributed by atoms with Crippen LogP contribution in [0.1, 0.15) is 17.3 Å². The van der Waals surface area contributed by atoms with Crippen molar-refractivity contribution in [2.24, 2.45) is 0 Å². The fourth-order valence-corrected chi connectivity index (χ4v) is 1.76. The van der Waals surface area contributed by atoms with Crippen LogP contribution in [0.4, 0.5) is 11.4 Å². The maximum absolute atomic E-state index is 12.1. The maximum Gasteiger partial charge on any atom is 0.340 e. The number of nitrogens with one attached hydrogen (secondary N) is 1. The van der Waals surface area contributed by atoms with E-state index in [2.05, 4.69) is 11.9 Å². The summed E-state index contributed by atoms with van der Waals surface area (Å²) in [6, 6.07) is 5.04. The van der Waals surface area contributed by atoms with Crippen molar-refractivity contribution < 1.29 is 19.1 Å². The van der Waals surface area contributed by atoms with Crippen LogP contribution in [0.2, 0.25) is 0 Å². The molecular weight excluding hydrogens is 272 g/mol. The molecule has 0 aliphatic rings. The van der Waals surface area contributed by atoms with Gasteiger partial charge in [-0.2, -0.15) is 0 Å². The van der Waals surface area contributed by atoms with Gasteiger partial charge in [0.15, 0.2) is 0 Å². The summed E-state index contributed by atoms with van der Waals surface area (Å²) in [4.78, 5) is 25.3. The highest BCUT2D eigenvalue weighted by atomic mass is 16.5. The first kappa shape index (κ1) is 16.7. The van der Waals surface area contributed by atoms with E-state index in [1.54, 1.807) is 32.2 Å². The topological polar surface area (TPSA) is 67.9 Å². The molecule has 1 aromatic rings. The normalized spacial score (nSPS) is 9.86. The standard InChI is InChI=1S/C15H20N2O4/c1-5-16-11-7-8-13(17(3)14(18)10-20-4)12(9-11)15(19)21-6-2/h5,7-9,16H,1,6,10H2,2-4H3. The Bertz CT molecular complexity index is 528. The van der Waals surface area contributed by atoms with Gasteiger partial charge in [0.05, 0.1) is 17.9 Å². The third-order valence-corrected chi connectivity index (χ3v) is 2.76. The minimum Gasteiger partial charge on any atom is -0.462 e. The van der Waals surface area contributed by atoms with E-state index in [0.29, 0.717) is 16.9 Å². The first-order chi connectivity index (χ1) is 10.0. The Kier molecular flexibility index (Phi) is 6.42. The Morgan fingerprint density at radius 3 is 2.71 bits per heavy atom. The predicted molar refractivity (Wildman–Crippen MR) is 81.5 cm³/mol. The van der Waals surface area contributed by atoms with Gasteiger partial charge < -0.3 is 19.7 Å². The Hall–Kier alpha value is -2.34. The molecule has 0 heterocycles. The van der Waals surface area contributed by atoms with Crippen LogP contribution in [0.3, 0.4) is 0 Å². The Balaban J connectivity index is 3.19. The van der Waals surface area contributed by atoms with Gasteiger partial charge >= 0.3 is 5.97 Å². The van der Waals surface area contributed by atoms with E-state index in [-0.39, 0.29) is 19.1 Å². The molecule has 1 N–H and O–H groups in total. The van der Waals surface area contributed by atoms with Crippen molar-refractivity contribution in [1.82, 2.24) is 0 Å². The molecule has 6 heteroatoms. The van der Waals surface area contributed by atoms with Crippen molar-refractivity contribution in [3.05, 3.63) is 36.5 Å². The second-order valence-corrected chi connectivity index (χ2v) is 4.19. The number of carbonyl (C=O) groups excluding carboxylic acids is 2. The van der Waals surface area contributed by atoms with Gasteiger partial charge in [0.1, 0.15) is 6.61 Å². The molecule has 0 spiro atoms. The van der Waals surface area contributed by atoms with Crippen LogP contribution in [-0.4, -0.2) is 39.2 Å². The Morgan fingerprint density at radius 1 is 1.43 bits per heavy atom. The molecular formula is C15H20N2O4. The summed E-state index contributed by atoms with van der Waals surface area (Å²) in [6.45, 7) is 5.49. The highest BCUT2D eigenvalue weighted by Gasteiger charge is 2.20. The van der Waals surface area contributed by atoms with E-state index in [1.165, 1.54) is 18.2 Å². The van der Waals surface area contributed by atoms with Crippen molar-refractivity contribution in [3.63, 3.8) is 0 Å². The van der Waals surface area contributed by atoms with Gasteiger partial charge in [-0.1, -0.05) is 6.58 Å². The fraction of sp³-hybridized carbons (Fsp3) is 0.333. The van der Waals surface area contributed by atoms with Crippen LogP contribution >= 0.6 is 0 Å². The molecule has 1 aromatic carbocycles. The monoisotopic (exact) mass is 292 g/mol. The third-order valence-electron chi connectivity index (χ3n) is 2.76. The SMILES string of the molecule is C=CNc1ccc(N(C)C(=O)COC)c(C(=O)OCC)c1. The largest absolute Gasteiger partial charge is 0.462 e. The van der Waals surface area contributed by atoms with E-state index < -0.39 is 5.97 Å². The van der Waals surface area contributed by atoms with Gasteiger partial charge in [-0.15, -0.1) is 0 Å². The number of rotatable bonds is 7. The number of hydrogen-bond acceptors (Lipinski definition) is 5. The fourth-order valence-electron chi connectivity index (χ4n) is 1.76. The number of likely N-dealkylation sites (N-methyl/N-ethyl adjacent to an activating group) is 1. The van der Waals surface area contributed by atoms with Crippen LogP contribution in [0, 0.1) is 0 Å². The molecule has 0 radical (unpaired) electrons. The first-order valence-electron chi connectivity index (χ1n) is 6.49. The number of anilines is 2. The molecule has 21 heavy (non-hydrogen) atoms. The molecule has 0 aromatic heterocycles. The predicted octanol–water partition coefficient (Wildman–Crippen LogP) is 2.03. The molecule has 0 aliphatic carbocycles. The number of hydrogen-bond donors (Lipinski definition) is 1. The summed E-state index contributed by atoms with van der Waals surface area (Å²) < 4.78 is 9.85. The molecule has 1 rings (SSSR count). The van der Waals surface area contributed by atoms with Gasteiger partial charge in [0, 0.05) is 19.8 Å². The van der Waals surface area contributed by atoms with Crippen LogP contribution in [0.5, 0.6) is 0 Å². The number of methoxy groups -OCH3 is 1. The molecule has 0 atom stereocenters. The van der Waals surface area contributed by atoms with Crippen LogP contribution in [0.15, 0.2) is 31.0 Å². The molecule has 0 fully saturated rings. The lowest BCUT2D eigenvalue weighted by Crippen LogP contribution is -2.31. The van der Waals surface area contributed by atoms with Crippen molar-refractivity contribution in [3.8, 4) is 0 Å². The lowest BCUT2D eigenvalue weighted by molar-refractivity contribution is -0.121. The van der Waals surface area contributed by atoms with Gasteiger partial charge in [0.2, 0.25) is 0 Å². The summed E-state index contributed by atoms with van der Waals surface area (Å²) in [5.41, 5.74) is 1.45. The number of nitrogens with zero attached hydrogens (tertiary/aromatic N) is 1.